The van der Waals surface area contributed by atoms with Crippen LogP contribution in [0, 0.1) is 11.7 Å². The number of furan rings is 1. The molecule has 1 saturated carbocycles. The Morgan fingerprint density at radius 1 is 1.32 bits per heavy atom. The molecule has 1 aromatic carbocycles. The van der Waals surface area contributed by atoms with E-state index in [0.717, 1.165) is 0 Å². The fourth-order valence-corrected chi connectivity index (χ4v) is 2.59. The van der Waals surface area contributed by atoms with Gasteiger partial charge in [0.2, 0.25) is 5.91 Å². The Morgan fingerprint density at radius 3 is 2.82 bits per heavy atom. The van der Waals surface area contributed by atoms with Gasteiger partial charge in [-0.05, 0) is 49.9 Å². The molecule has 0 bridgehead atoms. The molecule has 0 spiro atoms. The minimum absolute atomic E-state index is 0.0447. The lowest BCUT2D eigenvalue weighted by Crippen LogP contribution is -2.34. The Labute approximate surface area is 129 Å². The molecular formula is C18H20FNO2. The van der Waals surface area contributed by atoms with Crippen molar-refractivity contribution < 1.29 is 13.6 Å². The van der Waals surface area contributed by atoms with Crippen molar-refractivity contribution in [2.75, 3.05) is 0 Å². The van der Waals surface area contributed by atoms with Gasteiger partial charge in [0.05, 0.1) is 5.56 Å². The quantitative estimate of drug-likeness (QED) is 0.878. The Kier molecular flexibility index (Phi) is 4.27. The molecule has 1 aliphatic rings. The van der Waals surface area contributed by atoms with E-state index in [9.17, 15) is 9.18 Å². The highest BCUT2D eigenvalue weighted by Gasteiger charge is 2.28. The Bertz CT molecular complexity index is 661. The number of nitrogens with one attached hydrogen (secondary N) is 1. The zero-order valence-corrected chi connectivity index (χ0v) is 12.6. The topological polar surface area (TPSA) is 42.2 Å². The molecule has 1 fully saturated rings. The highest BCUT2D eigenvalue weighted by Crippen LogP contribution is 2.32. The Balaban J connectivity index is 1.55. The summed E-state index contributed by atoms with van der Waals surface area (Å²) in [5, 5.41) is 3.02. The Morgan fingerprint density at radius 2 is 2.09 bits per heavy atom. The number of carbonyl (C=O) groups is 1. The summed E-state index contributed by atoms with van der Waals surface area (Å²) in [4.78, 5) is 11.9. The first-order valence-corrected chi connectivity index (χ1v) is 7.76. The molecule has 1 aliphatic carbocycles. The van der Waals surface area contributed by atoms with Crippen LogP contribution >= 0.6 is 0 Å². The number of halogens is 1. The first-order valence-electron chi connectivity index (χ1n) is 7.76. The van der Waals surface area contributed by atoms with Crippen molar-refractivity contribution in [3.8, 4) is 11.3 Å². The normalized spacial score (nSPS) is 15.5. The van der Waals surface area contributed by atoms with Gasteiger partial charge in [0.25, 0.3) is 0 Å². The van der Waals surface area contributed by atoms with Gasteiger partial charge in [0, 0.05) is 18.9 Å². The fraction of sp³-hybridized carbons (Fsp3) is 0.389. The number of hydrogen-bond donors (Lipinski definition) is 1. The van der Waals surface area contributed by atoms with Gasteiger partial charge in [0.15, 0.2) is 0 Å². The lowest BCUT2D eigenvalue weighted by atomic mass is 10.1. The predicted octanol–water partition coefficient (Wildman–Crippen LogP) is 3.93. The monoisotopic (exact) mass is 301 g/mol. The van der Waals surface area contributed by atoms with Crippen LogP contribution in [0.5, 0.6) is 0 Å². The lowest BCUT2D eigenvalue weighted by molar-refractivity contribution is -0.121. The molecule has 1 N–H and O–H groups in total. The van der Waals surface area contributed by atoms with Crippen LogP contribution in [0.3, 0.4) is 0 Å². The first-order chi connectivity index (χ1) is 10.6. The first kappa shape index (κ1) is 14.8. The maximum atomic E-state index is 13.7. The van der Waals surface area contributed by atoms with Gasteiger partial charge >= 0.3 is 0 Å². The second kappa shape index (κ2) is 6.34. The van der Waals surface area contributed by atoms with Crippen molar-refractivity contribution in [3.63, 3.8) is 0 Å². The molecule has 1 atom stereocenters. The second-order valence-corrected chi connectivity index (χ2v) is 5.94. The highest BCUT2D eigenvalue weighted by molar-refractivity contribution is 5.76. The van der Waals surface area contributed by atoms with E-state index in [2.05, 4.69) is 12.2 Å². The third-order valence-corrected chi connectivity index (χ3v) is 4.12. The summed E-state index contributed by atoms with van der Waals surface area (Å²) in [5.74, 6) is 1.59. The number of aryl methyl sites for hydroxylation is 1. The molecule has 2 aromatic rings. The summed E-state index contributed by atoms with van der Waals surface area (Å²) in [6, 6.07) is 10.3. The van der Waals surface area contributed by atoms with Gasteiger partial charge in [-0.1, -0.05) is 12.1 Å². The van der Waals surface area contributed by atoms with Crippen LogP contribution in [0.4, 0.5) is 4.39 Å². The van der Waals surface area contributed by atoms with Gasteiger partial charge in [-0.15, -0.1) is 0 Å². The van der Waals surface area contributed by atoms with E-state index in [1.165, 1.54) is 18.9 Å². The number of carbonyl (C=O) groups excluding carboxylic acids is 1. The molecule has 3 rings (SSSR count). The summed E-state index contributed by atoms with van der Waals surface area (Å²) >= 11 is 0. The molecule has 116 valence electrons. The molecule has 1 aromatic heterocycles. The average molecular weight is 301 g/mol. The summed E-state index contributed by atoms with van der Waals surface area (Å²) in [7, 11) is 0. The van der Waals surface area contributed by atoms with E-state index in [4.69, 9.17) is 4.42 Å². The van der Waals surface area contributed by atoms with Crippen molar-refractivity contribution in [2.24, 2.45) is 5.92 Å². The van der Waals surface area contributed by atoms with E-state index in [0.29, 0.717) is 35.8 Å². The van der Waals surface area contributed by atoms with Crippen LogP contribution in [0.15, 0.2) is 40.8 Å². The summed E-state index contributed by atoms with van der Waals surface area (Å²) < 4.78 is 19.3. The molecule has 0 saturated heterocycles. The molecule has 4 heteroatoms. The third kappa shape index (κ3) is 3.56. The van der Waals surface area contributed by atoms with Crippen LogP contribution in [0.1, 0.15) is 31.9 Å². The van der Waals surface area contributed by atoms with Crippen LogP contribution < -0.4 is 5.32 Å². The second-order valence-electron chi connectivity index (χ2n) is 5.94. The fourth-order valence-electron chi connectivity index (χ4n) is 2.59. The standard InChI is InChI=1S/C18H20FNO2/c1-12(13-6-7-13)20-18(21)11-9-14-8-10-17(22-14)15-4-2-3-5-16(15)19/h2-5,8,10,12-13H,6-7,9,11H2,1H3,(H,20,21). The summed E-state index contributed by atoms with van der Waals surface area (Å²) in [6.45, 7) is 2.05. The summed E-state index contributed by atoms with van der Waals surface area (Å²) in [6.07, 6.45) is 3.34. The van der Waals surface area contributed by atoms with E-state index in [1.54, 1.807) is 30.3 Å². The van der Waals surface area contributed by atoms with Crippen molar-refractivity contribution in [1.82, 2.24) is 5.32 Å². The maximum Gasteiger partial charge on any atom is 0.220 e. The van der Waals surface area contributed by atoms with Crippen LogP contribution in [0.25, 0.3) is 11.3 Å². The lowest BCUT2D eigenvalue weighted by Gasteiger charge is -2.12. The van der Waals surface area contributed by atoms with E-state index < -0.39 is 0 Å². The number of amides is 1. The van der Waals surface area contributed by atoms with Gasteiger partial charge in [-0.2, -0.15) is 0 Å². The van der Waals surface area contributed by atoms with E-state index in [1.807, 2.05) is 0 Å². The van der Waals surface area contributed by atoms with E-state index in [-0.39, 0.29) is 17.8 Å². The molecule has 0 aliphatic heterocycles. The number of benzene rings is 1. The van der Waals surface area contributed by atoms with Gasteiger partial charge in [0.1, 0.15) is 17.3 Å². The molecule has 1 unspecified atom stereocenters. The average Bonchev–Trinajstić information content (AvgIpc) is 3.25. The van der Waals surface area contributed by atoms with Crippen LogP contribution in [-0.2, 0) is 11.2 Å². The third-order valence-electron chi connectivity index (χ3n) is 4.12. The van der Waals surface area contributed by atoms with Gasteiger partial charge in [-0.3, -0.25) is 4.79 Å². The number of hydrogen-bond acceptors (Lipinski definition) is 2. The van der Waals surface area contributed by atoms with Gasteiger partial charge < -0.3 is 9.73 Å². The van der Waals surface area contributed by atoms with Crippen LogP contribution in [-0.4, -0.2) is 11.9 Å². The van der Waals surface area contributed by atoms with Crippen molar-refractivity contribution in [1.29, 1.82) is 0 Å². The SMILES string of the molecule is CC(NC(=O)CCc1ccc(-c2ccccc2F)o1)C1CC1. The largest absolute Gasteiger partial charge is 0.461 e. The minimum atomic E-state index is -0.306. The van der Waals surface area contributed by atoms with E-state index >= 15 is 0 Å². The smallest absolute Gasteiger partial charge is 0.220 e. The minimum Gasteiger partial charge on any atom is -0.461 e. The predicted molar refractivity (Wildman–Crippen MR) is 82.8 cm³/mol. The zero-order chi connectivity index (χ0) is 15.5. The zero-order valence-electron chi connectivity index (χ0n) is 12.6. The Hall–Kier alpha value is -2.10. The van der Waals surface area contributed by atoms with Crippen LogP contribution in [0.2, 0.25) is 0 Å². The molecule has 1 amide bonds. The molecule has 3 nitrogen and oxygen atoms in total. The summed E-state index contributed by atoms with van der Waals surface area (Å²) in [5.41, 5.74) is 0.445. The molecule has 22 heavy (non-hydrogen) atoms. The van der Waals surface area contributed by atoms with Crippen molar-refractivity contribution in [3.05, 3.63) is 48.0 Å². The van der Waals surface area contributed by atoms with Crippen molar-refractivity contribution >= 4 is 5.91 Å². The van der Waals surface area contributed by atoms with Gasteiger partial charge in [-0.25, -0.2) is 4.39 Å². The molecule has 0 radical (unpaired) electrons. The highest BCUT2D eigenvalue weighted by atomic mass is 19.1. The molecule has 1 heterocycles. The molecular weight excluding hydrogens is 281 g/mol. The van der Waals surface area contributed by atoms with Crippen molar-refractivity contribution in [2.45, 2.75) is 38.6 Å². The number of rotatable bonds is 6. The maximum absolute atomic E-state index is 13.7.